The molecule has 0 saturated carbocycles. The third kappa shape index (κ3) is 3.73. The van der Waals surface area contributed by atoms with Crippen LogP contribution in [0.4, 0.5) is 0 Å². The standard InChI is InChI=1S/C19H24BrN3O/c20-16-7-5-15(6-8-16)19-21-17(14-24-19)12-23-11-3-4-18(23)13-22-9-1-2-10-22/h5-8,14,18H,1-4,9-13H2/t18-/m0/s1. The molecule has 4 nitrogen and oxygen atoms in total. The molecule has 0 amide bonds. The highest BCUT2D eigenvalue weighted by atomic mass is 79.9. The van der Waals surface area contributed by atoms with Crippen LogP contribution >= 0.6 is 15.9 Å². The maximum Gasteiger partial charge on any atom is 0.226 e. The van der Waals surface area contributed by atoms with Crippen LogP contribution in [0.3, 0.4) is 0 Å². The molecule has 2 aliphatic rings. The van der Waals surface area contributed by atoms with E-state index in [1.165, 1.54) is 51.9 Å². The average Bonchev–Trinajstić information content (AvgIpc) is 3.32. The summed E-state index contributed by atoms with van der Waals surface area (Å²) in [4.78, 5) is 9.91. The van der Waals surface area contributed by atoms with Gasteiger partial charge >= 0.3 is 0 Å². The molecule has 0 unspecified atom stereocenters. The monoisotopic (exact) mass is 389 g/mol. The van der Waals surface area contributed by atoms with Gasteiger partial charge in [0.25, 0.3) is 0 Å². The van der Waals surface area contributed by atoms with Gasteiger partial charge in [-0.3, -0.25) is 4.90 Å². The van der Waals surface area contributed by atoms with Crippen molar-refractivity contribution in [1.82, 2.24) is 14.8 Å². The Balaban J connectivity index is 1.40. The van der Waals surface area contributed by atoms with Crippen molar-refractivity contribution in [2.24, 2.45) is 0 Å². The van der Waals surface area contributed by atoms with Crippen LogP contribution in [0.25, 0.3) is 11.5 Å². The molecule has 1 aromatic heterocycles. The quantitative estimate of drug-likeness (QED) is 0.768. The fourth-order valence-electron chi connectivity index (χ4n) is 3.89. The summed E-state index contributed by atoms with van der Waals surface area (Å²) in [5, 5.41) is 0. The predicted molar refractivity (Wildman–Crippen MR) is 98.7 cm³/mol. The Kier molecular flexibility index (Phi) is 5.01. The van der Waals surface area contributed by atoms with Gasteiger partial charge in [-0.05, 0) is 69.6 Å². The molecule has 0 radical (unpaired) electrons. The summed E-state index contributed by atoms with van der Waals surface area (Å²) in [7, 11) is 0. The van der Waals surface area contributed by atoms with Crippen LogP contribution in [0.5, 0.6) is 0 Å². The van der Waals surface area contributed by atoms with Crippen LogP contribution in [0.1, 0.15) is 31.4 Å². The van der Waals surface area contributed by atoms with Crippen LogP contribution in [-0.4, -0.2) is 47.0 Å². The first-order valence-electron chi connectivity index (χ1n) is 8.95. The number of rotatable bonds is 5. The Labute approximate surface area is 152 Å². The molecule has 1 aromatic carbocycles. The zero-order valence-electron chi connectivity index (χ0n) is 14.0. The highest BCUT2D eigenvalue weighted by Crippen LogP contribution is 2.25. The summed E-state index contributed by atoms with van der Waals surface area (Å²) in [5.74, 6) is 0.716. The van der Waals surface area contributed by atoms with Gasteiger partial charge in [0.05, 0.1) is 5.69 Å². The number of hydrogen-bond acceptors (Lipinski definition) is 4. The second-order valence-electron chi connectivity index (χ2n) is 6.93. The summed E-state index contributed by atoms with van der Waals surface area (Å²) in [6.07, 6.45) is 7.17. The molecule has 3 heterocycles. The van der Waals surface area contributed by atoms with Crippen molar-refractivity contribution in [2.75, 3.05) is 26.2 Å². The molecule has 1 atom stereocenters. The molecule has 0 spiro atoms. The molecular formula is C19H24BrN3O. The lowest BCUT2D eigenvalue weighted by atomic mass is 10.2. The van der Waals surface area contributed by atoms with E-state index in [1.807, 2.05) is 30.5 Å². The summed E-state index contributed by atoms with van der Waals surface area (Å²) in [6, 6.07) is 8.78. The van der Waals surface area contributed by atoms with Crippen molar-refractivity contribution < 1.29 is 4.42 Å². The van der Waals surface area contributed by atoms with Gasteiger partial charge in [-0.1, -0.05) is 15.9 Å². The number of nitrogens with zero attached hydrogens (tertiary/aromatic N) is 3. The summed E-state index contributed by atoms with van der Waals surface area (Å²) in [5.41, 5.74) is 2.07. The predicted octanol–water partition coefficient (Wildman–Crippen LogP) is 4.16. The summed E-state index contributed by atoms with van der Waals surface area (Å²) in [6.45, 7) is 5.86. The summed E-state index contributed by atoms with van der Waals surface area (Å²) < 4.78 is 6.78. The van der Waals surface area contributed by atoms with E-state index in [9.17, 15) is 0 Å². The van der Waals surface area contributed by atoms with E-state index in [4.69, 9.17) is 9.40 Å². The van der Waals surface area contributed by atoms with Gasteiger partial charge in [-0.25, -0.2) is 4.98 Å². The lowest BCUT2D eigenvalue weighted by molar-refractivity contribution is 0.184. The van der Waals surface area contributed by atoms with Crippen LogP contribution in [0.2, 0.25) is 0 Å². The number of hydrogen-bond donors (Lipinski definition) is 0. The average molecular weight is 390 g/mol. The second-order valence-corrected chi connectivity index (χ2v) is 7.84. The van der Waals surface area contributed by atoms with Crippen molar-refractivity contribution in [3.05, 3.63) is 40.7 Å². The van der Waals surface area contributed by atoms with Crippen LogP contribution < -0.4 is 0 Å². The Bertz CT molecular complexity index is 664. The van der Waals surface area contributed by atoms with Crippen molar-refractivity contribution in [3.8, 4) is 11.5 Å². The van der Waals surface area contributed by atoms with E-state index >= 15 is 0 Å². The normalized spacial score (nSPS) is 22.5. The Hall–Kier alpha value is -1.17. The number of oxazole rings is 1. The van der Waals surface area contributed by atoms with E-state index in [1.54, 1.807) is 0 Å². The molecule has 0 N–H and O–H groups in total. The van der Waals surface area contributed by atoms with E-state index in [0.29, 0.717) is 11.9 Å². The minimum Gasteiger partial charge on any atom is -0.444 e. The van der Waals surface area contributed by atoms with Gasteiger partial charge in [0.1, 0.15) is 6.26 Å². The van der Waals surface area contributed by atoms with Gasteiger partial charge < -0.3 is 9.32 Å². The van der Waals surface area contributed by atoms with E-state index in [2.05, 4.69) is 25.7 Å². The Morgan fingerprint density at radius 1 is 1.08 bits per heavy atom. The Morgan fingerprint density at radius 2 is 1.88 bits per heavy atom. The molecule has 2 fully saturated rings. The molecule has 128 valence electrons. The van der Waals surface area contributed by atoms with Crippen LogP contribution in [0, 0.1) is 0 Å². The van der Waals surface area contributed by atoms with Gasteiger partial charge in [-0.15, -0.1) is 0 Å². The molecule has 4 rings (SSSR count). The molecule has 5 heteroatoms. The first-order chi connectivity index (χ1) is 11.8. The van der Waals surface area contributed by atoms with Gasteiger partial charge in [0, 0.05) is 29.2 Å². The molecule has 2 aliphatic heterocycles. The maximum absolute atomic E-state index is 5.71. The van der Waals surface area contributed by atoms with Crippen LogP contribution in [0.15, 0.2) is 39.4 Å². The van der Waals surface area contributed by atoms with E-state index in [-0.39, 0.29) is 0 Å². The molecule has 0 bridgehead atoms. The number of aromatic nitrogens is 1. The molecule has 2 aromatic rings. The number of benzene rings is 1. The zero-order valence-corrected chi connectivity index (χ0v) is 15.5. The minimum absolute atomic E-state index is 0.677. The van der Waals surface area contributed by atoms with E-state index < -0.39 is 0 Å². The van der Waals surface area contributed by atoms with Crippen molar-refractivity contribution in [2.45, 2.75) is 38.3 Å². The smallest absolute Gasteiger partial charge is 0.226 e. The van der Waals surface area contributed by atoms with Crippen molar-refractivity contribution in [3.63, 3.8) is 0 Å². The highest BCUT2D eigenvalue weighted by Gasteiger charge is 2.28. The lowest BCUT2D eigenvalue weighted by Crippen LogP contribution is -2.38. The summed E-state index contributed by atoms with van der Waals surface area (Å²) >= 11 is 3.46. The fourth-order valence-corrected chi connectivity index (χ4v) is 4.15. The van der Waals surface area contributed by atoms with Crippen LogP contribution in [-0.2, 0) is 6.54 Å². The zero-order chi connectivity index (χ0) is 16.4. The highest BCUT2D eigenvalue weighted by molar-refractivity contribution is 9.10. The number of likely N-dealkylation sites (tertiary alicyclic amines) is 2. The topological polar surface area (TPSA) is 32.5 Å². The first-order valence-corrected chi connectivity index (χ1v) is 9.74. The molecular weight excluding hydrogens is 366 g/mol. The SMILES string of the molecule is Brc1ccc(-c2nc(CN3CCC[C@H]3CN3CCCC3)co2)cc1. The largest absolute Gasteiger partial charge is 0.444 e. The van der Waals surface area contributed by atoms with Gasteiger partial charge in [0.15, 0.2) is 0 Å². The lowest BCUT2D eigenvalue weighted by Gasteiger charge is -2.27. The molecule has 2 saturated heterocycles. The van der Waals surface area contributed by atoms with Crippen molar-refractivity contribution in [1.29, 1.82) is 0 Å². The fraction of sp³-hybridized carbons (Fsp3) is 0.526. The molecule has 0 aliphatic carbocycles. The second kappa shape index (κ2) is 7.38. The number of halogens is 1. The maximum atomic E-state index is 5.71. The Morgan fingerprint density at radius 3 is 2.67 bits per heavy atom. The van der Waals surface area contributed by atoms with Gasteiger partial charge in [0.2, 0.25) is 5.89 Å². The first kappa shape index (κ1) is 16.3. The third-order valence-electron chi connectivity index (χ3n) is 5.17. The molecule has 24 heavy (non-hydrogen) atoms. The van der Waals surface area contributed by atoms with Crippen molar-refractivity contribution >= 4 is 15.9 Å². The third-order valence-corrected chi connectivity index (χ3v) is 5.70. The van der Waals surface area contributed by atoms with E-state index in [0.717, 1.165) is 22.3 Å². The minimum atomic E-state index is 0.677. The van der Waals surface area contributed by atoms with Gasteiger partial charge in [-0.2, -0.15) is 0 Å².